The van der Waals surface area contributed by atoms with Crippen molar-refractivity contribution in [2.24, 2.45) is 0 Å². The molecular formula is C8H10NO-. The molecule has 0 atom stereocenters. The van der Waals surface area contributed by atoms with Crippen LogP contribution in [0.2, 0.25) is 0 Å². The van der Waals surface area contributed by atoms with Crippen LogP contribution in [-0.2, 0) is 0 Å². The molecule has 10 heavy (non-hydrogen) atoms. The number of hydrogen-bond donors (Lipinski definition) is 1. The van der Waals surface area contributed by atoms with Gasteiger partial charge >= 0.3 is 0 Å². The highest BCUT2D eigenvalue weighted by Gasteiger charge is 1.94. The molecule has 0 aliphatic heterocycles. The first kappa shape index (κ1) is 7.09. The molecule has 1 N–H and O–H groups in total. The maximum Gasteiger partial charge on any atom is 0.0292 e. The summed E-state index contributed by atoms with van der Waals surface area (Å²) in [6.45, 7) is 3.82. The largest absolute Gasteiger partial charge is 0.761 e. The fourth-order valence-corrected chi connectivity index (χ4v) is 0.975. The minimum atomic E-state index is 0.697. The van der Waals surface area contributed by atoms with Crippen molar-refractivity contribution in [1.82, 2.24) is 0 Å². The van der Waals surface area contributed by atoms with Crippen molar-refractivity contribution < 1.29 is 0 Å². The monoisotopic (exact) mass is 136 g/mol. The van der Waals surface area contributed by atoms with Crippen LogP contribution < -0.4 is 5.48 Å². The lowest BCUT2D eigenvalue weighted by Gasteiger charge is -2.14. The van der Waals surface area contributed by atoms with Crippen LogP contribution in [0, 0.1) is 19.1 Å². The second-order valence-electron chi connectivity index (χ2n) is 2.37. The third kappa shape index (κ3) is 1.11. The number of aryl methyl sites for hydroxylation is 2. The summed E-state index contributed by atoms with van der Waals surface area (Å²) in [4.78, 5) is 0. The topological polar surface area (TPSA) is 35.1 Å². The zero-order chi connectivity index (χ0) is 7.56. The van der Waals surface area contributed by atoms with Crippen LogP contribution in [0.1, 0.15) is 11.1 Å². The summed E-state index contributed by atoms with van der Waals surface area (Å²) in [5.41, 5.74) is 4.60. The molecule has 1 aromatic carbocycles. The zero-order valence-electron chi connectivity index (χ0n) is 6.14. The Morgan fingerprint density at radius 1 is 1.20 bits per heavy atom. The number of nitrogens with one attached hydrogen (secondary N) is 1. The van der Waals surface area contributed by atoms with Gasteiger partial charge in [-0.15, -0.1) is 0 Å². The fraction of sp³-hybridized carbons (Fsp3) is 0.250. The predicted octanol–water partition coefficient (Wildman–Crippen LogP) is 2.21. The van der Waals surface area contributed by atoms with Gasteiger partial charge in [-0.25, -0.2) is 0 Å². The van der Waals surface area contributed by atoms with Crippen molar-refractivity contribution in [2.45, 2.75) is 13.8 Å². The molecule has 0 unspecified atom stereocenters. The first-order valence-corrected chi connectivity index (χ1v) is 3.20. The summed E-state index contributed by atoms with van der Waals surface area (Å²) in [7, 11) is 0. The van der Waals surface area contributed by atoms with Crippen molar-refractivity contribution in [2.75, 3.05) is 5.48 Å². The highest BCUT2D eigenvalue weighted by Crippen LogP contribution is 2.18. The van der Waals surface area contributed by atoms with E-state index < -0.39 is 0 Å². The van der Waals surface area contributed by atoms with Gasteiger partial charge in [0.2, 0.25) is 0 Å². The van der Waals surface area contributed by atoms with Crippen LogP contribution in [-0.4, -0.2) is 0 Å². The van der Waals surface area contributed by atoms with E-state index in [0.29, 0.717) is 5.69 Å². The number of anilines is 1. The Kier molecular flexibility index (Phi) is 1.92. The Morgan fingerprint density at radius 2 is 1.70 bits per heavy atom. The standard InChI is InChI=1S/C8H10NO/c1-6-4-3-5-7(2)8(6)9-10/h3-5,9H,1-2H3/q-1. The summed E-state index contributed by atoms with van der Waals surface area (Å²) < 4.78 is 0. The molecule has 0 radical (unpaired) electrons. The van der Waals surface area contributed by atoms with Crippen LogP contribution in [0.5, 0.6) is 0 Å². The van der Waals surface area contributed by atoms with Crippen molar-refractivity contribution >= 4 is 5.69 Å². The van der Waals surface area contributed by atoms with Gasteiger partial charge in [-0.2, -0.15) is 0 Å². The third-order valence-corrected chi connectivity index (χ3v) is 1.58. The molecule has 0 aliphatic carbocycles. The van der Waals surface area contributed by atoms with Gasteiger partial charge < -0.3 is 10.7 Å². The zero-order valence-corrected chi connectivity index (χ0v) is 6.14. The molecule has 54 valence electrons. The summed E-state index contributed by atoms with van der Waals surface area (Å²) >= 11 is 0. The summed E-state index contributed by atoms with van der Waals surface area (Å²) in [5, 5.41) is 10.3. The molecule has 0 aliphatic rings. The van der Waals surface area contributed by atoms with Crippen LogP contribution in [0.15, 0.2) is 18.2 Å². The van der Waals surface area contributed by atoms with Gasteiger partial charge in [-0.3, -0.25) is 0 Å². The van der Waals surface area contributed by atoms with E-state index in [2.05, 4.69) is 0 Å². The average Bonchev–Trinajstić information content (AvgIpc) is 1.88. The van der Waals surface area contributed by atoms with E-state index in [1.54, 1.807) is 0 Å². The van der Waals surface area contributed by atoms with Gasteiger partial charge in [-0.1, -0.05) is 18.2 Å². The molecule has 0 amide bonds. The van der Waals surface area contributed by atoms with Crippen molar-refractivity contribution in [3.05, 3.63) is 34.5 Å². The van der Waals surface area contributed by atoms with Gasteiger partial charge in [0.05, 0.1) is 0 Å². The Labute approximate surface area is 60.5 Å². The first-order valence-electron chi connectivity index (χ1n) is 3.20. The number of para-hydroxylation sites is 1. The first-order chi connectivity index (χ1) is 4.75. The van der Waals surface area contributed by atoms with Crippen LogP contribution >= 0.6 is 0 Å². The number of rotatable bonds is 1. The Hall–Kier alpha value is -1.02. The van der Waals surface area contributed by atoms with Crippen molar-refractivity contribution in [3.8, 4) is 0 Å². The molecule has 0 bridgehead atoms. The normalized spacial score (nSPS) is 9.50. The molecule has 2 nitrogen and oxygen atoms in total. The Bertz CT molecular complexity index is 212. The number of benzene rings is 1. The second-order valence-corrected chi connectivity index (χ2v) is 2.37. The van der Waals surface area contributed by atoms with Crippen LogP contribution in [0.3, 0.4) is 0 Å². The number of hydrogen-bond acceptors (Lipinski definition) is 2. The van der Waals surface area contributed by atoms with Crippen molar-refractivity contribution in [1.29, 1.82) is 0 Å². The van der Waals surface area contributed by atoms with E-state index in [4.69, 9.17) is 0 Å². The quantitative estimate of drug-likeness (QED) is 0.601. The molecule has 1 aromatic rings. The lowest BCUT2D eigenvalue weighted by atomic mass is 10.1. The summed E-state index contributed by atoms with van der Waals surface area (Å²) in [6.07, 6.45) is 0. The smallest absolute Gasteiger partial charge is 0.0292 e. The average molecular weight is 136 g/mol. The van der Waals surface area contributed by atoms with Gasteiger partial charge in [-0.05, 0) is 25.0 Å². The lowest BCUT2D eigenvalue weighted by Crippen LogP contribution is -1.91. The molecule has 1 rings (SSSR count). The Morgan fingerprint density at radius 3 is 2.00 bits per heavy atom. The molecule has 0 saturated heterocycles. The molecule has 0 heterocycles. The third-order valence-electron chi connectivity index (χ3n) is 1.58. The van der Waals surface area contributed by atoms with Crippen LogP contribution in [0.4, 0.5) is 5.69 Å². The molecule has 0 fully saturated rings. The van der Waals surface area contributed by atoms with E-state index >= 15 is 0 Å². The van der Waals surface area contributed by atoms with Gasteiger partial charge in [0.15, 0.2) is 0 Å². The van der Waals surface area contributed by atoms with E-state index in [0.717, 1.165) is 11.1 Å². The van der Waals surface area contributed by atoms with Gasteiger partial charge in [0.25, 0.3) is 0 Å². The van der Waals surface area contributed by atoms with Crippen LogP contribution in [0.25, 0.3) is 0 Å². The maximum atomic E-state index is 10.3. The van der Waals surface area contributed by atoms with E-state index in [1.807, 2.05) is 37.5 Å². The molecular weight excluding hydrogens is 126 g/mol. The lowest BCUT2D eigenvalue weighted by molar-refractivity contribution is 1.36. The molecule has 0 spiro atoms. The van der Waals surface area contributed by atoms with Gasteiger partial charge in [0, 0.05) is 5.69 Å². The molecule has 0 saturated carbocycles. The van der Waals surface area contributed by atoms with E-state index in [9.17, 15) is 5.21 Å². The minimum absolute atomic E-state index is 0.697. The highest BCUT2D eigenvalue weighted by atomic mass is 16.5. The second kappa shape index (κ2) is 2.71. The van der Waals surface area contributed by atoms with E-state index in [1.165, 1.54) is 0 Å². The predicted molar refractivity (Wildman–Crippen MR) is 42.9 cm³/mol. The molecule has 2 heteroatoms. The Balaban J connectivity index is 3.17. The van der Waals surface area contributed by atoms with Crippen molar-refractivity contribution in [3.63, 3.8) is 0 Å². The molecule has 0 aromatic heterocycles. The summed E-state index contributed by atoms with van der Waals surface area (Å²) in [6, 6.07) is 5.76. The SMILES string of the molecule is Cc1cccc(C)c1N[O-]. The van der Waals surface area contributed by atoms with Gasteiger partial charge in [0.1, 0.15) is 0 Å². The maximum absolute atomic E-state index is 10.3. The fourth-order valence-electron chi connectivity index (χ4n) is 0.975. The highest BCUT2D eigenvalue weighted by molar-refractivity contribution is 5.56. The van der Waals surface area contributed by atoms with E-state index in [-0.39, 0.29) is 0 Å². The summed E-state index contributed by atoms with van der Waals surface area (Å²) in [5.74, 6) is 0. The minimum Gasteiger partial charge on any atom is -0.761 e.